The molecule has 1 aromatic heterocycles. The minimum Gasteiger partial charge on any atom is -0.497 e. The van der Waals surface area contributed by atoms with Gasteiger partial charge >= 0.3 is 11.9 Å². The highest BCUT2D eigenvalue weighted by Gasteiger charge is 2.49. The van der Waals surface area contributed by atoms with Gasteiger partial charge in [0.1, 0.15) is 18.5 Å². The number of piperidine rings is 1. The molecule has 8 rings (SSSR count). The third-order valence-corrected chi connectivity index (χ3v) is 18.3. The lowest BCUT2D eigenvalue weighted by molar-refractivity contribution is -0.217. The van der Waals surface area contributed by atoms with Gasteiger partial charge in [0.15, 0.2) is 0 Å². The van der Waals surface area contributed by atoms with Crippen molar-refractivity contribution >= 4 is 42.4 Å². The zero-order valence-corrected chi connectivity index (χ0v) is 47.4. The number of rotatable bonds is 19. The SMILES string of the molecule is COc1ccc([C@]2(CCN(Cc3ccc(C4=CCC(CN5CCN(C(=O)c6cccc7c6n(C)c(=O)n7C6CCC(=O)N(COCC[Si](C)(C)C)C6=O)CC5)CC4)cc3)CC(C)(C)C(F)(F)F)CCOC(C)(C)C2)cc1. The van der Waals surface area contributed by atoms with Crippen molar-refractivity contribution in [3.05, 3.63) is 106 Å². The molecule has 0 bridgehead atoms. The molecular formula is C59H81F3N6O7Si. The first-order valence-corrected chi connectivity index (χ1v) is 31.1. The molecular weight excluding hydrogens is 990 g/mol. The molecule has 1 aliphatic carbocycles. The standard InChI is InChI=1S/C59H81F3N6O7Si/c1-56(2,59(60,61)62)40-65(29-27-58(28-34-75-57(3,4)39-58)46-21-23-47(73-6)24-22-46)38-43-15-19-45(20-16-43)44-17-13-42(14-18-44)37-64-30-32-66(33-31-64)53(70)48-11-10-12-49-52(48)63(5)55(72)68(49)50-25-26-51(69)67(54(50)71)41-74-35-36-76(7,8)9/h10-12,15-17,19-24,42,50H,13-14,18,25-41H2,1-9H3/t42?,50?,58-/m1/s1. The van der Waals surface area contributed by atoms with Crippen LogP contribution in [0.3, 0.4) is 0 Å². The minimum absolute atomic E-state index is 0.108. The molecule has 414 valence electrons. The topological polar surface area (TPSA) is 119 Å². The molecule has 3 amide bonds. The zero-order valence-electron chi connectivity index (χ0n) is 46.4. The fraction of sp³-hybridized carbons (Fsp3) is 0.593. The van der Waals surface area contributed by atoms with Crippen LogP contribution in [0.15, 0.2) is 77.6 Å². The number of nitrogens with zero attached hydrogens (tertiary/aromatic N) is 6. The second-order valence-corrected chi connectivity index (χ2v) is 30.1. The van der Waals surface area contributed by atoms with Gasteiger partial charge in [-0.05, 0) is 138 Å². The van der Waals surface area contributed by atoms with Crippen LogP contribution in [0.2, 0.25) is 25.7 Å². The first-order chi connectivity index (χ1) is 35.9. The largest absolute Gasteiger partial charge is 0.497 e. The van der Waals surface area contributed by atoms with E-state index in [1.165, 1.54) is 28.6 Å². The third kappa shape index (κ3) is 13.1. The summed E-state index contributed by atoms with van der Waals surface area (Å²) in [7, 11) is 1.89. The van der Waals surface area contributed by atoms with Crippen molar-refractivity contribution < 1.29 is 41.8 Å². The molecule has 0 saturated carbocycles. The number of carbonyl (C=O) groups is 3. The summed E-state index contributed by atoms with van der Waals surface area (Å²) in [6, 6.07) is 21.8. The van der Waals surface area contributed by atoms with Crippen LogP contribution in [-0.2, 0) is 38.1 Å². The number of alkyl halides is 3. The van der Waals surface area contributed by atoms with Crippen LogP contribution in [0.5, 0.6) is 5.75 Å². The number of likely N-dealkylation sites (tertiary alicyclic amines) is 1. The Balaban J connectivity index is 0.864. The van der Waals surface area contributed by atoms with E-state index in [1.807, 2.05) is 21.9 Å². The number of ether oxygens (including phenoxy) is 3. The maximum atomic E-state index is 14.4. The van der Waals surface area contributed by atoms with E-state index in [1.54, 1.807) is 32.4 Å². The highest BCUT2D eigenvalue weighted by Crippen LogP contribution is 2.46. The smallest absolute Gasteiger partial charge is 0.395 e. The van der Waals surface area contributed by atoms with Gasteiger partial charge in [0, 0.05) is 86.0 Å². The molecule has 0 spiro atoms. The van der Waals surface area contributed by atoms with E-state index in [-0.39, 0.29) is 48.9 Å². The number of aromatic nitrogens is 2. The summed E-state index contributed by atoms with van der Waals surface area (Å²) in [5.41, 5.74) is 3.00. The number of benzene rings is 3. The predicted octanol–water partition coefficient (Wildman–Crippen LogP) is 10.3. The third-order valence-electron chi connectivity index (χ3n) is 16.6. The Morgan fingerprint density at radius 1 is 0.921 bits per heavy atom. The molecule has 76 heavy (non-hydrogen) atoms. The van der Waals surface area contributed by atoms with Crippen molar-refractivity contribution in [3.63, 3.8) is 0 Å². The van der Waals surface area contributed by atoms with Gasteiger partial charge in [0.25, 0.3) is 11.8 Å². The second-order valence-electron chi connectivity index (χ2n) is 24.5. The number of imide groups is 1. The van der Waals surface area contributed by atoms with Crippen LogP contribution in [0.25, 0.3) is 16.6 Å². The summed E-state index contributed by atoms with van der Waals surface area (Å²) < 4.78 is 63.6. The van der Waals surface area contributed by atoms with Crippen LogP contribution in [0.1, 0.15) is 112 Å². The summed E-state index contributed by atoms with van der Waals surface area (Å²) in [6.07, 6.45) is 3.42. The Kier molecular flexibility index (Phi) is 17.4. The Hall–Kier alpha value is -5.07. The number of methoxy groups -OCH3 is 1. The molecule has 3 saturated heterocycles. The molecule has 3 aromatic carbocycles. The number of para-hydroxylation sites is 1. The highest BCUT2D eigenvalue weighted by molar-refractivity contribution is 6.76. The van der Waals surface area contributed by atoms with Crippen molar-refractivity contribution in [1.29, 1.82) is 0 Å². The number of halogens is 3. The van der Waals surface area contributed by atoms with E-state index in [0.717, 1.165) is 85.1 Å². The quantitative estimate of drug-likeness (QED) is 0.0514. The molecule has 3 aliphatic heterocycles. The normalized spacial score (nSPS) is 22.1. The van der Waals surface area contributed by atoms with Crippen molar-refractivity contribution in [2.45, 2.75) is 135 Å². The summed E-state index contributed by atoms with van der Waals surface area (Å²) in [4.78, 5) is 62.2. The number of aryl methyl sites for hydroxylation is 1. The number of hydrogen-bond donors (Lipinski definition) is 0. The zero-order chi connectivity index (χ0) is 54.8. The van der Waals surface area contributed by atoms with Gasteiger partial charge in [-0.1, -0.05) is 68.2 Å². The van der Waals surface area contributed by atoms with Crippen molar-refractivity contribution in [2.24, 2.45) is 18.4 Å². The van der Waals surface area contributed by atoms with E-state index in [0.29, 0.717) is 68.3 Å². The first-order valence-electron chi connectivity index (χ1n) is 27.4. The van der Waals surface area contributed by atoms with Crippen molar-refractivity contribution in [3.8, 4) is 5.75 Å². The Morgan fingerprint density at radius 3 is 2.26 bits per heavy atom. The number of amides is 3. The Labute approximate surface area is 448 Å². The molecule has 2 unspecified atom stereocenters. The summed E-state index contributed by atoms with van der Waals surface area (Å²) in [5, 5.41) is 0. The van der Waals surface area contributed by atoms with E-state index >= 15 is 0 Å². The Bertz CT molecular complexity index is 2790. The molecule has 3 atom stereocenters. The van der Waals surface area contributed by atoms with Crippen LogP contribution < -0.4 is 10.4 Å². The van der Waals surface area contributed by atoms with Gasteiger partial charge in [-0.25, -0.2) is 4.79 Å². The van der Waals surface area contributed by atoms with Crippen molar-refractivity contribution in [2.75, 3.05) is 72.9 Å². The number of hydrogen-bond acceptors (Lipinski definition) is 9. The van der Waals surface area contributed by atoms with E-state index < -0.39 is 37.3 Å². The number of fused-ring (bicyclic) bond motifs is 1. The number of piperazine rings is 1. The van der Waals surface area contributed by atoms with Crippen LogP contribution in [0.4, 0.5) is 13.2 Å². The van der Waals surface area contributed by atoms with Gasteiger partial charge in [-0.15, -0.1) is 0 Å². The number of allylic oxidation sites excluding steroid dienone is 2. The number of imidazole rings is 1. The first kappa shape index (κ1) is 57.1. The molecule has 0 N–H and O–H groups in total. The minimum atomic E-state index is -4.35. The highest BCUT2D eigenvalue weighted by atomic mass is 28.3. The monoisotopic (exact) mass is 1070 g/mol. The summed E-state index contributed by atoms with van der Waals surface area (Å²) in [6.45, 7) is 18.6. The fourth-order valence-corrected chi connectivity index (χ4v) is 12.7. The van der Waals surface area contributed by atoms with Crippen LogP contribution in [-0.4, -0.2) is 139 Å². The molecule has 0 radical (unpaired) electrons. The predicted molar refractivity (Wildman–Crippen MR) is 294 cm³/mol. The molecule has 13 nitrogen and oxygen atoms in total. The maximum absolute atomic E-state index is 14.4. The van der Waals surface area contributed by atoms with E-state index in [9.17, 15) is 32.3 Å². The fourth-order valence-electron chi connectivity index (χ4n) is 12.0. The second kappa shape index (κ2) is 23.1. The average molecular weight is 1070 g/mol. The van der Waals surface area contributed by atoms with Gasteiger partial charge in [0.2, 0.25) is 5.91 Å². The Morgan fingerprint density at radius 2 is 1.63 bits per heavy atom. The molecule has 4 aliphatic rings. The van der Waals surface area contributed by atoms with E-state index in [2.05, 4.69) is 80.9 Å². The average Bonchev–Trinajstić information content (AvgIpc) is 3.63. The summed E-state index contributed by atoms with van der Waals surface area (Å²) >= 11 is 0. The van der Waals surface area contributed by atoms with Gasteiger partial charge in [-0.2, -0.15) is 13.2 Å². The molecule has 4 aromatic rings. The lowest BCUT2D eigenvalue weighted by Crippen LogP contribution is -2.49. The lowest BCUT2D eigenvalue weighted by atomic mass is 9.67. The van der Waals surface area contributed by atoms with Crippen LogP contribution in [0, 0.1) is 11.3 Å². The molecule has 3 fully saturated rings. The summed E-state index contributed by atoms with van der Waals surface area (Å²) in [5.74, 6) is 0.287. The van der Waals surface area contributed by atoms with E-state index in [4.69, 9.17) is 14.2 Å². The molecule has 4 heterocycles. The number of carbonyl (C=O) groups excluding carboxylic acids is 3. The van der Waals surface area contributed by atoms with Crippen molar-refractivity contribution in [1.82, 2.24) is 28.7 Å². The van der Waals surface area contributed by atoms with Gasteiger partial charge in [0.05, 0.1) is 34.7 Å². The van der Waals surface area contributed by atoms with Gasteiger partial charge < -0.3 is 19.1 Å². The lowest BCUT2D eigenvalue weighted by Gasteiger charge is -2.46. The maximum Gasteiger partial charge on any atom is 0.395 e. The molecule has 17 heteroatoms. The van der Waals surface area contributed by atoms with Gasteiger partial charge in [-0.3, -0.25) is 38.2 Å². The van der Waals surface area contributed by atoms with Crippen LogP contribution >= 0.6 is 0 Å².